The average Bonchev–Trinajstić information content (AvgIpc) is 2.48. The first-order chi connectivity index (χ1) is 9.75. The number of nitrogens with zero attached hydrogens (tertiary/aromatic N) is 1. The van der Waals surface area contributed by atoms with E-state index in [4.69, 9.17) is 4.74 Å². The Hall–Kier alpha value is -2.14. The molecule has 1 saturated heterocycles. The number of aromatic amines is 1. The van der Waals surface area contributed by atoms with Crippen LogP contribution in [0, 0.1) is 0 Å². The number of benzene rings is 1. The standard InChI is InChI=1S/C15H16N2O3/c18-14-12(10-5-2-1-3-6-10)15(19)17-13(16-14)11-7-4-8-20-9-11/h1-3,5-6,11H,4,7-9H2,(H2,16,17,18,19). The molecule has 2 heterocycles. The van der Waals surface area contributed by atoms with Crippen molar-refractivity contribution in [2.75, 3.05) is 13.2 Å². The van der Waals surface area contributed by atoms with Gasteiger partial charge in [0.05, 0.1) is 6.61 Å². The van der Waals surface area contributed by atoms with Gasteiger partial charge in [-0.25, -0.2) is 0 Å². The number of hydrogen-bond acceptors (Lipinski definition) is 4. The Morgan fingerprint density at radius 3 is 2.75 bits per heavy atom. The molecule has 3 rings (SSSR count). The maximum absolute atomic E-state index is 12.2. The Balaban J connectivity index is 2.01. The third-order valence-electron chi connectivity index (χ3n) is 3.53. The molecule has 0 amide bonds. The maximum Gasteiger partial charge on any atom is 0.262 e. The molecule has 1 aromatic heterocycles. The van der Waals surface area contributed by atoms with Crippen LogP contribution >= 0.6 is 0 Å². The molecule has 1 aliphatic rings. The SMILES string of the molecule is O=c1[nH]c(C2CCCOC2)nc(O)c1-c1ccccc1. The smallest absolute Gasteiger partial charge is 0.262 e. The van der Waals surface area contributed by atoms with Gasteiger partial charge < -0.3 is 14.8 Å². The van der Waals surface area contributed by atoms with Crippen LogP contribution in [-0.4, -0.2) is 28.3 Å². The topological polar surface area (TPSA) is 75.2 Å². The molecule has 2 aromatic rings. The molecule has 2 N–H and O–H groups in total. The molecule has 0 aliphatic carbocycles. The summed E-state index contributed by atoms with van der Waals surface area (Å²) in [6.07, 6.45) is 1.85. The Morgan fingerprint density at radius 1 is 1.30 bits per heavy atom. The van der Waals surface area contributed by atoms with Gasteiger partial charge in [0, 0.05) is 12.5 Å². The fourth-order valence-electron chi connectivity index (χ4n) is 2.49. The summed E-state index contributed by atoms with van der Waals surface area (Å²) >= 11 is 0. The molecule has 5 heteroatoms. The van der Waals surface area contributed by atoms with E-state index in [2.05, 4.69) is 9.97 Å². The van der Waals surface area contributed by atoms with Gasteiger partial charge in [0.15, 0.2) is 0 Å². The van der Waals surface area contributed by atoms with Crippen LogP contribution in [0.3, 0.4) is 0 Å². The van der Waals surface area contributed by atoms with Crippen molar-refractivity contribution in [1.82, 2.24) is 9.97 Å². The van der Waals surface area contributed by atoms with Gasteiger partial charge in [0.2, 0.25) is 5.88 Å². The second kappa shape index (κ2) is 5.46. The van der Waals surface area contributed by atoms with Crippen molar-refractivity contribution >= 4 is 0 Å². The van der Waals surface area contributed by atoms with Crippen LogP contribution in [0.5, 0.6) is 5.88 Å². The molecular formula is C15H16N2O3. The van der Waals surface area contributed by atoms with Gasteiger partial charge in [0.25, 0.3) is 5.56 Å². The van der Waals surface area contributed by atoms with Gasteiger partial charge in [-0.3, -0.25) is 4.79 Å². The third kappa shape index (κ3) is 2.44. The molecule has 1 fully saturated rings. The molecule has 0 bridgehead atoms. The minimum Gasteiger partial charge on any atom is -0.493 e. The molecule has 0 spiro atoms. The monoisotopic (exact) mass is 272 g/mol. The van der Waals surface area contributed by atoms with Crippen molar-refractivity contribution < 1.29 is 9.84 Å². The minimum atomic E-state index is -0.315. The van der Waals surface area contributed by atoms with Gasteiger partial charge >= 0.3 is 0 Å². The van der Waals surface area contributed by atoms with Crippen molar-refractivity contribution in [2.24, 2.45) is 0 Å². The Labute approximate surface area is 116 Å². The van der Waals surface area contributed by atoms with Crippen LogP contribution in [0.4, 0.5) is 0 Å². The molecule has 20 heavy (non-hydrogen) atoms. The van der Waals surface area contributed by atoms with Gasteiger partial charge in [-0.15, -0.1) is 0 Å². The maximum atomic E-state index is 12.2. The highest BCUT2D eigenvalue weighted by atomic mass is 16.5. The molecule has 104 valence electrons. The molecule has 0 saturated carbocycles. The van der Waals surface area contributed by atoms with Crippen LogP contribution in [0.15, 0.2) is 35.1 Å². The first kappa shape index (κ1) is 12.9. The number of aromatic hydroxyl groups is 1. The lowest BCUT2D eigenvalue weighted by atomic mass is 10.0. The van der Waals surface area contributed by atoms with E-state index in [1.165, 1.54) is 0 Å². The number of ether oxygens (including phenoxy) is 1. The lowest BCUT2D eigenvalue weighted by Crippen LogP contribution is -2.22. The number of nitrogens with one attached hydrogen (secondary N) is 1. The summed E-state index contributed by atoms with van der Waals surface area (Å²) in [5.74, 6) is 0.333. The van der Waals surface area contributed by atoms with Crippen molar-refractivity contribution in [2.45, 2.75) is 18.8 Å². The van der Waals surface area contributed by atoms with Gasteiger partial charge in [0.1, 0.15) is 11.4 Å². The second-order valence-electron chi connectivity index (χ2n) is 4.93. The third-order valence-corrected chi connectivity index (χ3v) is 3.53. The first-order valence-electron chi connectivity index (χ1n) is 6.72. The number of aromatic nitrogens is 2. The highest BCUT2D eigenvalue weighted by molar-refractivity contribution is 5.66. The summed E-state index contributed by atoms with van der Waals surface area (Å²) in [5, 5.41) is 10.1. The summed E-state index contributed by atoms with van der Waals surface area (Å²) in [4.78, 5) is 19.1. The van der Waals surface area contributed by atoms with Crippen LogP contribution in [0.25, 0.3) is 11.1 Å². The van der Waals surface area contributed by atoms with E-state index in [1.54, 1.807) is 12.1 Å². The molecule has 1 unspecified atom stereocenters. The van der Waals surface area contributed by atoms with Crippen LogP contribution in [0.1, 0.15) is 24.6 Å². The normalized spacial score (nSPS) is 18.9. The summed E-state index contributed by atoms with van der Waals surface area (Å²) in [6.45, 7) is 1.28. The van der Waals surface area contributed by atoms with E-state index < -0.39 is 0 Å². The first-order valence-corrected chi connectivity index (χ1v) is 6.72. The largest absolute Gasteiger partial charge is 0.493 e. The molecule has 1 aliphatic heterocycles. The van der Waals surface area contributed by atoms with E-state index >= 15 is 0 Å². The highest BCUT2D eigenvalue weighted by Crippen LogP contribution is 2.27. The van der Waals surface area contributed by atoms with E-state index in [-0.39, 0.29) is 22.9 Å². The van der Waals surface area contributed by atoms with Crippen LogP contribution in [-0.2, 0) is 4.74 Å². The number of rotatable bonds is 2. The van der Waals surface area contributed by atoms with Gasteiger partial charge in [-0.1, -0.05) is 30.3 Å². The van der Waals surface area contributed by atoms with Gasteiger partial charge in [-0.2, -0.15) is 4.98 Å². The van der Waals surface area contributed by atoms with Crippen molar-refractivity contribution in [1.29, 1.82) is 0 Å². The molecule has 0 radical (unpaired) electrons. The van der Waals surface area contributed by atoms with E-state index in [0.29, 0.717) is 18.0 Å². The van der Waals surface area contributed by atoms with Crippen molar-refractivity contribution in [3.05, 3.63) is 46.5 Å². The van der Waals surface area contributed by atoms with Crippen LogP contribution < -0.4 is 5.56 Å². The summed E-state index contributed by atoms with van der Waals surface area (Å²) in [7, 11) is 0. The molecule has 5 nitrogen and oxygen atoms in total. The Bertz CT molecular complexity index is 646. The number of H-pyrrole nitrogens is 1. The van der Waals surface area contributed by atoms with E-state index in [9.17, 15) is 9.90 Å². The van der Waals surface area contributed by atoms with Crippen molar-refractivity contribution in [3.8, 4) is 17.0 Å². The van der Waals surface area contributed by atoms with Crippen molar-refractivity contribution in [3.63, 3.8) is 0 Å². The van der Waals surface area contributed by atoms with Gasteiger partial charge in [-0.05, 0) is 18.4 Å². The lowest BCUT2D eigenvalue weighted by Gasteiger charge is -2.21. The average molecular weight is 272 g/mol. The Kier molecular flexibility index (Phi) is 3.52. The molecule has 1 atom stereocenters. The summed E-state index contributed by atoms with van der Waals surface area (Å²) in [6, 6.07) is 9.04. The number of hydrogen-bond donors (Lipinski definition) is 2. The van der Waals surface area contributed by atoms with E-state index in [0.717, 1.165) is 19.4 Å². The zero-order chi connectivity index (χ0) is 13.9. The van der Waals surface area contributed by atoms with E-state index in [1.807, 2.05) is 18.2 Å². The quantitative estimate of drug-likeness (QED) is 0.877. The predicted molar refractivity (Wildman–Crippen MR) is 74.8 cm³/mol. The summed E-state index contributed by atoms with van der Waals surface area (Å²) in [5.41, 5.74) is 0.556. The zero-order valence-corrected chi connectivity index (χ0v) is 11.0. The minimum absolute atomic E-state index is 0.0483. The lowest BCUT2D eigenvalue weighted by molar-refractivity contribution is 0.0778. The zero-order valence-electron chi connectivity index (χ0n) is 11.0. The second-order valence-corrected chi connectivity index (χ2v) is 4.93. The fourth-order valence-corrected chi connectivity index (χ4v) is 2.49. The molecular weight excluding hydrogens is 256 g/mol. The van der Waals surface area contributed by atoms with Crippen LogP contribution in [0.2, 0.25) is 0 Å². The molecule has 1 aromatic carbocycles. The fraction of sp³-hybridized carbons (Fsp3) is 0.333. The highest BCUT2D eigenvalue weighted by Gasteiger charge is 2.21. The predicted octanol–water partition coefficient (Wildman–Crippen LogP) is 2.04. The summed E-state index contributed by atoms with van der Waals surface area (Å²) < 4.78 is 5.39. The Morgan fingerprint density at radius 2 is 2.10 bits per heavy atom.